The Labute approximate surface area is 45.1 Å². The molecule has 0 aromatic heterocycles. The first kappa shape index (κ1) is 7.01. The zero-order chi connectivity index (χ0) is 5.91. The smallest absolute Gasteiger partial charge is 0.140 e. The van der Waals surface area contributed by atoms with Crippen molar-refractivity contribution in [2.45, 2.75) is 6.82 Å². The van der Waals surface area contributed by atoms with Crippen molar-refractivity contribution >= 4 is 17.1 Å². The van der Waals surface area contributed by atoms with Gasteiger partial charge in [-0.3, -0.25) is 0 Å². The Morgan fingerprint density at radius 3 is 2.00 bits per heavy atom. The van der Waals surface area contributed by atoms with Gasteiger partial charge in [0.25, 0.3) is 0 Å². The summed E-state index contributed by atoms with van der Waals surface area (Å²) >= 11 is 0. The Morgan fingerprint density at radius 1 is 1.57 bits per heavy atom. The van der Waals surface area contributed by atoms with Gasteiger partial charge in [0.2, 0.25) is 0 Å². The van der Waals surface area contributed by atoms with E-state index in [9.17, 15) is 8.42 Å². The summed E-state index contributed by atoms with van der Waals surface area (Å²) in [6.45, 7) is 1.72. The van der Waals surface area contributed by atoms with Gasteiger partial charge in [0, 0.05) is 11.9 Å². The zero-order valence-corrected chi connectivity index (χ0v) is 5.33. The molecule has 0 unspecified atom stereocenters. The van der Waals surface area contributed by atoms with Gasteiger partial charge >= 0.3 is 0 Å². The van der Waals surface area contributed by atoms with Crippen molar-refractivity contribution in [3.63, 3.8) is 0 Å². The summed E-state index contributed by atoms with van der Waals surface area (Å²) in [7, 11) is -1.11. The molecule has 1 radical (unpaired) electrons. The summed E-state index contributed by atoms with van der Waals surface area (Å²) in [4.78, 5) is 0. The van der Waals surface area contributed by atoms with E-state index in [1.807, 2.05) is 0 Å². The van der Waals surface area contributed by atoms with Crippen LogP contribution in [-0.4, -0.2) is 27.6 Å². The average Bonchev–Trinajstić information content (AvgIpc) is 1.30. The minimum Gasteiger partial charge on any atom is -0.230 e. The minimum atomic E-state index is -2.73. The third kappa shape index (κ3) is 6.01. The lowest BCUT2D eigenvalue weighted by molar-refractivity contribution is 0.606. The van der Waals surface area contributed by atoms with Gasteiger partial charge in [-0.05, 0) is 0 Å². The Morgan fingerprint density at radius 2 is 2.00 bits per heavy atom. The Kier molecular flexibility index (Phi) is 2.36. The molecule has 0 bridgehead atoms. The van der Waals surface area contributed by atoms with E-state index in [0.29, 0.717) is 0 Å². The molecule has 0 aliphatic rings. The fourth-order valence-corrected chi connectivity index (χ4v) is 0.908. The molecule has 2 nitrogen and oxygen atoms in total. The van der Waals surface area contributed by atoms with Crippen LogP contribution in [0.15, 0.2) is 0 Å². The molecule has 0 heterocycles. The summed E-state index contributed by atoms with van der Waals surface area (Å²) < 4.78 is 20.4. The standard InChI is InChI=1S/C3H8BO2S/c1-4-3-7(2,5)6/h3H2,1-2H3. The van der Waals surface area contributed by atoms with Crippen LogP contribution in [0.1, 0.15) is 0 Å². The molecule has 0 saturated heterocycles. The van der Waals surface area contributed by atoms with Crippen molar-refractivity contribution in [1.29, 1.82) is 0 Å². The van der Waals surface area contributed by atoms with Crippen LogP contribution in [0.5, 0.6) is 0 Å². The van der Waals surface area contributed by atoms with Crippen molar-refractivity contribution in [2.75, 3.05) is 11.9 Å². The fraction of sp³-hybridized carbons (Fsp3) is 1.00. The van der Waals surface area contributed by atoms with E-state index < -0.39 is 9.84 Å². The maximum Gasteiger partial charge on any atom is 0.140 e. The van der Waals surface area contributed by atoms with Crippen LogP contribution in [0, 0.1) is 0 Å². The molecule has 0 aromatic carbocycles. The quantitative estimate of drug-likeness (QED) is 0.469. The monoisotopic (exact) mass is 119 g/mol. The van der Waals surface area contributed by atoms with Crippen LogP contribution in [-0.2, 0) is 9.84 Å². The molecule has 7 heavy (non-hydrogen) atoms. The lowest BCUT2D eigenvalue weighted by Crippen LogP contribution is -2.06. The minimum absolute atomic E-state index is 0.188. The first-order valence-corrected chi connectivity index (χ1v) is 4.08. The number of hydrogen-bond acceptors (Lipinski definition) is 2. The van der Waals surface area contributed by atoms with Crippen LogP contribution in [0.25, 0.3) is 0 Å². The normalized spacial score (nSPS) is 11.1. The fourth-order valence-electron chi connectivity index (χ4n) is 0.303. The number of rotatable bonds is 2. The van der Waals surface area contributed by atoms with E-state index in [-0.39, 0.29) is 5.65 Å². The van der Waals surface area contributed by atoms with Crippen LogP contribution in [0.4, 0.5) is 0 Å². The number of hydrogen-bond donors (Lipinski definition) is 0. The predicted molar refractivity (Wildman–Crippen MR) is 31.3 cm³/mol. The molecular formula is C3H8BO2S. The molecule has 0 saturated carbocycles. The molecule has 0 amide bonds. The summed E-state index contributed by atoms with van der Waals surface area (Å²) in [5.74, 6) is 0. The lowest BCUT2D eigenvalue weighted by atomic mass is 9.87. The highest BCUT2D eigenvalue weighted by atomic mass is 32.2. The second-order valence-corrected chi connectivity index (χ2v) is 3.69. The molecule has 0 aliphatic heterocycles. The van der Waals surface area contributed by atoms with Gasteiger partial charge in [0.05, 0.1) is 0 Å². The van der Waals surface area contributed by atoms with Crippen molar-refractivity contribution < 1.29 is 8.42 Å². The van der Waals surface area contributed by atoms with Gasteiger partial charge in [-0.1, -0.05) is 6.82 Å². The highest BCUT2D eigenvalue weighted by Crippen LogP contribution is 1.76. The van der Waals surface area contributed by atoms with E-state index in [1.54, 1.807) is 14.1 Å². The Balaban J connectivity index is 3.60. The molecule has 0 fully saturated rings. The third-order valence-electron chi connectivity index (χ3n) is 0.469. The molecule has 41 valence electrons. The second kappa shape index (κ2) is 2.35. The molecule has 0 spiro atoms. The second-order valence-electron chi connectivity index (χ2n) is 1.50. The van der Waals surface area contributed by atoms with Gasteiger partial charge in [0.15, 0.2) is 0 Å². The van der Waals surface area contributed by atoms with E-state index in [2.05, 4.69) is 0 Å². The Bertz CT molecular complexity index is 126. The molecule has 0 aliphatic carbocycles. The largest absolute Gasteiger partial charge is 0.230 e. The van der Waals surface area contributed by atoms with Crippen molar-refractivity contribution in [3.8, 4) is 0 Å². The highest BCUT2D eigenvalue weighted by Gasteiger charge is 1.96. The van der Waals surface area contributed by atoms with Crippen LogP contribution < -0.4 is 0 Å². The van der Waals surface area contributed by atoms with Gasteiger partial charge in [-0.15, -0.1) is 0 Å². The van der Waals surface area contributed by atoms with Crippen molar-refractivity contribution in [2.24, 2.45) is 0 Å². The SMILES string of the molecule is C[B]CS(C)(=O)=O. The van der Waals surface area contributed by atoms with Gasteiger partial charge < -0.3 is 0 Å². The zero-order valence-electron chi connectivity index (χ0n) is 4.51. The van der Waals surface area contributed by atoms with Crippen LogP contribution in [0.2, 0.25) is 6.82 Å². The highest BCUT2D eigenvalue weighted by molar-refractivity contribution is 7.91. The average molecular weight is 119 g/mol. The predicted octanol–water partition coefficient (Wildman–Crippen LogP) is -0.259. The molecule has 0 rings (SSSR count). The first-order chi connectivity index (χ1) is 3.06. The van der Waals surface area contributed by atoms with E-state index in [1.165, 1.54) is 6.26 Å². The topological polar surface area (TPSA) is 34.1 Å². The summed E-state index contributed by atoms with van der Waals surface area (Å²) in [6, 6.07) is 0. The van der Waals surface area contributed by atoms with Crippen molar-refractivity contribution in [3.05, 3.63) is 0 Å². The maximum absolute atomic E-state index is 10.2. The van der Waals surface area contributed by atoms with E-state index in [0.717, 1.165) is 0 Å². The first-order valence-electron chi connectivity index (χ1n) is 2.02. The Hall–Kier alpha value is 0.0149. The molecule has 0 N–H and O–H groups in total. The van der Waals surface area contributed by atoms with Gasteiger partial charge in [0.1, 0.15) is 17.1 Å². The summed E-state index contributed by atoms with van der Waals surface area (Å²) in [6.07, 6.45) is 1.22. The van der Waals surface area contributed by atoms with Crippen LogP contribution in [0.3, 0.4) is 0 Å². The van der Waals surface area contributed by atoms with Gasteiger partial charge in [-0.25, -0.2) is 8.42 Å². The molecule has 4 heteroatoms. The maximum atomic E-state index is 10.2. The molecular weight excluding hydrogens is 111 g/mol. The van der Waals surface area contributed by atoms with Gasteiger partial charge in [-0.2, -0.15) is 0 Å². The van der Waals surface area contributed by atoms with Crippen LogP contribution >= 0.6 is 0 Å². The number of sulfone groups is 1. The molecule has 0 aromatic rings. The lowest BCUT2D eigenvalue weighted by Gasteiger charge is -1.86. The third-order valence-corrected chi connectivity index (χ3v) is 1.41. The summed E-state index contributed by atoms with van der Waals surface area (Å²) in [5.41, 5.74) is 0.188. The van der Waals surface area contributed by atoms with Crippen molar-refractivity contribution in [1.82, 2.24) is 0 Å². The molecule has 0 atom stereocenters. The van der Waals surface area contributed by atoms with E-state index >= 15 is 0 Å². The summed E-state index contributed by atoms with van der Waals surface area (Å²) in [5, 5.41) is 0. The van der Waals surface area contributed by atoms with E-state index in [4.69, 9.17) is 0 Å².